The van der Waals surface area contributed by atoms with E-state index in [0.29, 0.717) is 0 Å². The SMILES string of the molecule is CC(C)=C(C)CC/C(C)=C/C=C/C(C)=C/C=C/C(C)=C/C=C/C=C(C)/C=C/C=C(C)/C=C/C=C(\C)CCC(C)=C(C)C. The quantitative estimate of drug-likeness (QED) is 0.129. The molecule has 0 bridgehead atoms. The van der Waals surface area contributed by atoms with E-state index in [0.717, 1.165) is 25.7 Å². The molecule has 0 aliphatic carbocycles. The van der Waals surface area contributed by atoms with Crippen LogP contribution in [0.1, 0.15) is 109 Å². The summed E-state index contributed by atoms with van der Waals surface area (Å²) in [6.45, 7) is 26.2. The number of allylic oxidation sites excluding steroid dienone is 26. The third kappa shape index (κ3) is 22.3. The van der Waals surface area contributed by atoms with Gasteiger partial charge in [-0.2, -0.15) is 0 Å². The Balaban J connectivity index is 4.76. The molecular formula is C42H60. The molecule has 0 aromatic carbocycles. The van der Waals surface area contributed by atoms with Crippen LogP contribution in [0.3, 0.4) is 0 Å². The van der Waals surface area contributed by atoms with Gasteiger partial charge in [0.1, 0.15) is 0 Å². The highest BCUT2D eigenvalue weighted by molar-refractivity contribution is 5.32. The first-order valence-electron chi connectivity index (χ1n) is 15.5. The maximum Gasteiger partial charge on any atom is -0.0283 e. The molecule has 0 aliphatic rings. The summed E-state index contributed by atoms with van der Waals surface area (Å²) >= 11 is 0. The lowest BCUT2D eigenvalue weighted by atomic mass is 10.0. The van der Waals surface area contributed by atoms with Crippen LogP contribution >= 0.6 is 0 Å². The van der Waals surface area contributed by atoms with Gasteiger partial charge in [-0.25, -0.2) is 0 Å². The summed E-state index contributed by atoms with van der Waals surface area (Å²) in [5.74, 6) is 0. The minimum absolute atomic E-state index is 1.12. The molecule has 0 aromatic rings. The molecule has 0 atom stereocenters. The standard InChI is InChI=1S/C42H60/c1-33(2)41(11)31-29-39(9)27-17-25-37(7)23-15-21-35(5)19-13-14-20-36(6)22-16-24-38(8)26-18-28-40(10)30-32-42(12)34(3)4/h13-28H,29-32H2,1-12H3/b14-13+,21-15+,22-16+,25-17+,26-18+,35-19+,36-20+,37-23+,38-24+,39-27+,40-28+. The highest BCUT2D eigenvalue weighted by Gasteiger charge is 1.95. The minimum atomic E-state index is 1.12. The molecule has 0 nitrogen and oxygen atoms in total. The van der Waals surface area contributed by atoms with Crippen molar-refractivity contribution in [2.45, 2.75) is 109 Å². The summed E-state index contributed by atoms with van der Waals surface area (Å²) < 4.78 is 0. The van der Waals surface area contributed by atoms with E-state index in [1.165, 1.54) is 55.7 Å². The fourth-order valence-corrected chi connectivity index (χ4v) is 3.50. The van der Waals surface area contributed by atoms with Crippen LogP contribution in [0.15, 0.2) is 153 Å². The van der Waals surface area contributed by atoms with Crippen molar-refractivity contribution in [1.29, 1.82) is 0 Å². The summed E-state index contributed by atoms with van der Waals surface area (Å²) in [7, 11) is 0. The average molecular weight is 565 g/mol. The molecule has 0 heterocycles. The second kappa shape index (κ2) is 23.2. The highest BCUT2D eigenvalue weighted by Crippen LogP contribution is 2.15. The summed E-state index contributed by atoms with van der Waals surface area (Å²) in [5, 5.41) is 0. The third-order valence-electron chi connectivity index (χ3n) is 7.24. The molecule has 0 radical (unpaired) electrons. The van der Waals surface area contributed by atoms with Gasteiger partial charge in [0, 0.05) is 0 Å². The van der Waals surface area contributed by atoms with E-state index in [1.807, 2.05) is 0 Å². The lowest BCUT2D eigenvalue weighted by molar-refractivity contribution is 0.908. The Kier molecular flexibility index (Phi) is 21.3. The molecule has 0 heteroatoms. The Morgan fingerprint density at radius 2 is 0.571 bits per heavy atom. The number of rotatable bonds is 16. The summed E-state index contributed by atoms with van der Waals surface area (Å²) in [5.41, 5.74) is 13.6. The highest BCUT2D eigenvalue weighted by atomic mass is 14.0. The van der Waals surface area contributed by atoms with E-state index in [9.17, 15) is 0 Å². The van der Waals surface area contributed by atoms with E-state index in [2.05, 4.69) is 180 Å². The van der Waals surface area contributed by atoms with Crippen LogP contribution in [0.4, 0.5) is 0 Å². The van der Waals surface area contributed by atoms with Crippen LogP contribution < -0.4 is 0 Å². The zero-order valence-electron chi connectivity index (χ0n) is 29.1. The molecule has 0 aliphatic heterocycles. The van der Waals surface area contributed by atoms with Crippen molar-refractivity contribution in [3.63, 3.8) is 0 Å². The molecule has 0 rings (SSSR count). The predicted molar refractivity (Wildman–Crippen MR) is 195 cm³/mol. The Morgan fingerprint density at radius 1 is 0.310 bits per heavy atom. The van der Waals surface area contributed by atoms with E-state index in [-0.39, 0.29) is 0 Å². The molecular weight excluding hydrogens is 504 g/mol. The molecule has 0 saturated carbocycles. The van der Waals surface area contributed by atoms with E-state index in [1.54, 1.807) is 0 Å². The van der Waals surface area contributed by atoms with E-state index >= 15 is 0 Å². The average Bonchev–Trinajstić information content (AvgIpc) is 2.92. The van der Waals surface area contributed by atoms with Gasteiger partial charge >= 0.3 is 0 Å². The molecule has 0 fully saturated rings. The van der Waals surface area contributed by atoms with Crippen LogP contribution in [-0.2, 0) is 0 Å². The monoisotopic (exact) mass is 564 g/mol. The normalized spacial score (nSPS) is 15.0. The second-order valence-corrected chi connectivity index (χ2v) is 12.1. The maximum atomic E-state index is 2.23. The van der Waals surface area contributed by atoms with Crippen molar-refractivity contribution >= 4 is 0 Å². The van der Waals surface area contributed by atoms with Crippen LogP contribution in [0.5, 0.6) is 0 Å². The first-order valence-corrected chi connectivity index (χ1v) is 15.5. The summed E-state index contributed by atoms with van der Waals surface area (Å²) in [4.78, 5) is 0. The Labute approximate surface area is 261 Å². The lowest BCUT2D eigenvalue weighted by Gasteiger charge is -2.03. The number of hydrogen-bond donors (Lipinski definition) is 0. The lowest BCUT2D eigenvalue weighted by Crippen LogP contribution is -1.83. The molecule has 0 N–H and O–H groups in total. The van der Waals surface area contributed by atoms with Crippen LogP contribution in [0, 0.1) is 0 Å². The molecule has 0 saturated heterocycles. The zero-order valence-corrected chi connectivity index (χ0v) is 29.1. The van der Waals surface area contributed by atoms with Gasteiger partial charge in [0.15, 0.2) is 0 Å². The van der Waals surface area contributed by atoms with Gasteiger partial charge in [-0.05, 0) is 109 Å². The smallest absolute Gasteiger partial charge is 0.0283 e. The van der Waals surface area contributed by atoms with Crippen LogP contribution in [-0.4, -0.2) is 0 Å². The first-order chi connectivity index (χ1) is 19.8. The second-order valence-electron chi connectivity index (χ2n) is 12.1. The topological polar surface area (TPSA) is 0 Å². The number of hydrogen-bond acceptors (Lipinski definition) is 0. The van der Waals surface area contributed by atoms with Crippen molar-refractivity contribution < 1.29 is 0 Å². The third-order valence-corrected chi connectivity index (χ3v) is 7.24. The van der Waals surface area contributed by atoms with Crippen molar-refractivity contribution in [2.24, 2.45) is 0 Å². The Morgan fingerprint density at radius 3 is 0.857 bits per heavy atom. The predicted octanol–water partition coefficient (Wildman–Crippen LogP) is 13.7. The van der Waals surface area contributed by atoms with Crippen LogP contribution in [0.25, 0.3) is 0 Å². The molecule has 0 spiro atoms. The first kappa shape index (κ1) is 38.6. The molecule has 0 amide bonds. The van der Waals surface area contributed by atoms with Gasteiger partial charge < -0.3 is 0 Å². The van der Waals surface area contributed by atoms with Gasteiger partial charge in [0.2, 0.25) is 0 Å². The van der Waals surface area contributed by atoms with E-state index < -0.39 is 0 Å². The van der Waals surface area contributed by atoms with Gasteiger partial charge in [-0.1, -0.05) is 153 Å². The fraction of sp³-hybridized carbons (Fsp3) is 0.381. The van der Waals surface area contributed by atoms with Gasteiger partial charge in [-0.15, -0.1) is 0 Å². The summed E-state index contributed by atoms with van der Waals surface area (Å²) in [6.07, 6.45) is 38.9. The van der Waals surface area contributed by atoms with Crippen LogP contribution in [0.2, 0.25) is 0 Å². The molecule has 42 heavy (non-hydrogen) atoms. The zero-order chi connectivity index (χ0) is 31.9. The largest absolute Gasteiger partial charge is 0.0775 e. The van der Waals surface area contributed by atoms with E-state index in [4.69, 9.17) is 0 Å². The maximum absolute atomic E-state index is 2.23. The van der Waals surface area contributed by atoms with Crippen molar-refractivity contribution in [3.05, 3.63) is 153 Å². The molecule has 0 unspecified atom stereocenters. The van der Waals surface area contributed by atoms with Crippen molar-refractivity contribution in [1.82, 2.24) is 0 Å². The van der Waals surface area contributed by atoms with Gasteiger partial charge in [0.25, 0.3) is 0 Å². The minimum Gasteiger partial charge on any atom is -0.0775 e. The van der Waals surface area contributed by atoms with Gasteiger partial charge in [0.05, 0.1) is 0 Å². The van der Waals surface area contributed by atoms with Crippen molar-refractivity contribution in [3.8, 4) is 0 Å². The summed E-state index contributed by atoms with van der Waals surface area (Å²) in [6, 6.07) is 0. The van der Waals surface area contributed by atoms with Crippen molar-refractivity contribution in [2.75, 3.05) is 0 Å². The molecule has 0 aromatic heterocycles. The molecule has 228 valence electrons. The fourth-order valence-electron chi connectivity index (χ4n) is 3.50. The Bertz CT molecular complexity index is 1130. The van der Waals surface area contributed by atoms with Gasteiger partial charge in [-0.3, -0.25) is 0 Å². The Hall–Kier alpha value is -3.38.